The van der Waals surface area contributed by atoms with Gasteiger partial charge in [0.1, 0.15) is 5.75 Å². The number of hydrogen-bond acceptors (Lipinski definition) is 3. The number of alkyl halides is 4. The Morgan fingerprint density at radius 2 is 2.11 bits per heavy atom. The van der Waals surface area contributed by atoms with Crippen molar-refractivity contribution in [1.29, 1.82) is 0 Å². The fourth-order valence-electron chi connectivity index (χ4n) is 1.70. The molecule has 104 valence electrons. The summed E-state index contributed by atoms with van der Waals surface area (Å²) in [5, 5.41) is 0. The highest BCUT2D eigenvalue weighted by atomic mass is 19.3. The van der Waals surface area contributed by atoms with Crippen LogP contribution in [0.1, 0.15) is 0 Å². The molecule has 0 radical (unpaired) electrons. The van der Waals surface area contributed by atoms with Crippen molar-refractivity contribution in [3.05, 3.63) is 18.2 Å². The van der Waals surface area contributed by atoms with Gasteiger partial charge < -0.3 is 15.0 Å². The fraction of sp³-hybridized carbons (Fsp3) is 0.364. The molecular formula is C11H11F4N3O. The van der Waals surface area contributed by atoms with Gasteiger partial charge in [-0.25, -0.2) is 13.8 Å². The normalized spacial score (nSPS) is 12.3. The Balaban J connectivity index is 2.46. The minimum absolute atomic E-state index is 0.247. The topological polar surface area (TPSA) is 53.1 Å². The van der Waals surface area contributed by atoms with E-state index >= 15 is 0 Å². The SMILES string of the molecule is COc1ccc2c(c1)nc(N)n2CC(F)(F)C(F)F. The predicted molar refractivity (Wildman–Crippen MR) is 61.6 cm³/mol. The summed E-state index contributed by atoms with van der Waals surface area (Å²) in [6.45, 7) is -1.22. The zero-order chi connectivity index (χ0) is 14.2. The van der Waals surface area contributed by atoms with Crippen LogP contribution in [-0.2, 0) is 6.54 Å². The van der Waals surface area contributed by atoms with Crippen molar-refractivity contribution < 1.29 is 22.3 Å². The van der Waals surface area contributed by atoms with Crippen LogP contribution in [0, 0.1) is 0 Å². The first-order valence-electron chi connectivity index (χ1n) is 5.31. The molecule has 1 aromatic heterocycles. The third kappa shape index (κ3) is 2.42. The maximum absolute atomic E-state index is 13.1. The number of benzene rings is 1. The molecule has 0 aliphatic carbocycles. The summed E-state index contributed by atoms with van der Waals surface area (Å²) in [5.41, 5.74) is 6.04. The van der Waals surface area contributed by atoms with Gasteiger partial charge in [0.25, 0.3) is 0 Å². The Hall–Kier alpha value is -1.99. The summed E-state index contributed by atoms with van der Waals surface area (Å²) in [7, 11) is 1.44. The molecule has 19 heavy (non-hydrogen) atoms. The zero-order valence-electron chi connectivity index (χ0n) is 9.91. The summed E-state index contributed by atoms with van der Waals surface area (Å²) in [6.07, 6.45) is -3.76. The average molecular weight is 277 g/mol. The molecule has 0 unspecified atom stereocenters. The summed E-state index contributed by atoms with van der Waals surface area (Å²) in [4.78, 5) is 3.85. The molecule has 0 saturated heterocycles. The Bertz CT molecular complexity index is 597. The third-order valence-electron chi connectivity index (χ3n) is 2.67. The van der Waals surface area contributed by atoms with E-state index in [-0.39, 0.29) is 11.5 Å². The fourth-order valence-corrected chi connectivity index (χ4v) is 1.70. The van der Waals surface area contributed by atoms with E-state index in [0.29, 0.717) is 11.3 Å². The molecule has 8 heteroatoms. The van der Waals surface area contributed by atoms with Gasteiger partial charge in [0, 0.05) is 6.07 Å². The van der Waals surface area contributed by atoms with Crippen LogP contribution in [0.2, 0.25) is 0 Å². The van der Waals surface area contributed by atoms with Gasteiger partial charge in [-0.15, -0.1) is 0 Å². The first-order valence-corrected chi connectivity index (χ1v) is 5.31. The molecule has 0 atom stereocenters. The number of imidazole rings is 1. The van der Waals surface area contributed by atoms with Crippen LogP contribution in [0.4, 0.5) is 23.5 Å². The summed E-state index contributed by atoms with van der Waals surface area (Å²) < 4.78 is 56.4. The Morgan fingerprint density at radius 1 is 1.42 bits per heavy atom. The Labute approximate surface area is 105 Å². The number of halogens is 4. The molecule has 0 aliphatic heterocycles. The Kier molecular flexibility index (Phi) is 3.25. The van der Waals surface area contributed by atoms with Gasteiger partial charge in [0.15, 0.2) is 0 Å². The van der Waals surface area contributed by atoms with Crippen molar-refractivity contribution >= 4 is 17.0 Å². The van der Waals surface area contributed by atoms with Crippen molar-refractivity contribution in [2.24, 2.45) is 0 Å². The molecule has 1 aromatic carbocycles. The van der Waals surface area contributed by atoms with Crippen LogP contribution in [0.15, 0.2) is 18.2 Å². The molecule has 0 saturated carbocycles. The lowest BCUT2D eigenvalue weighted by molar-refractivity contribution is -0.136. The molecule has 2 N–H and O–H groups in total. The standard InChI is InChI=1S/C11H11F4N3O/c1-19-6-2-3-8-7(4-6)17-10(16)18(8)5-11(14,15)9(12)13/h2-4,9H,5H2,1H3,(H2,16,17). The van der Waals surface area contributed by atoms with Gasteiger partial charge in [-0.05, 0) is 12.1 Å². The van der Waals surface area contributed by atoms with Crippen LogP contribution >= 0.6 is 0 Å². The molecule has 2 rings (SSSR count). The number of rotatable bonds is 4. The number of fused-ring (bicyclic) bond motifs is 1. The maximum atomic E-state index is 13.1. The minimum atomic E-state index is -4.17. The number of nitrogens with two attached hydrogens (primary N) is 1. The van der Waals surface area contributed by atoms with Crippen LogP contribution in [0.3, 0.4) is 0 Å². The second-order valence-electron chi connectivity index (χ2n) is 3.97. The van der Waals surface area contributed by atoms with E-state index in [2.05, 4.69) is 4.98 Å². The van der Waals surface area contributed by atoms with E-state index in [1.165, 1.54) is 25.3 Å². The van der Waals surface area contributed by atoms with Crippen molar-refractivity contribution in [1.82, 2.24) is 9.55 Å². The monoisotopic (exact) mass is 277 g/mol. The van der Waals surface area contributed by atoms with E-state index in [0.717, 1.165) is 4.57 Å². The van der Waals surface area contributed by atoms with Crippen molar-refractivity contribution in [3.63, 3.8) is 0 Å². The van der Waals surface area contributed by atoms with Crippen molar-refractivity contribution in [3.8, 4) is 5.75 Å². The molecular weight excluding hydrogens is 266 g/mol. The smallest absolute Gasteiger partial charge is 0.324 e. The van der Waals surface area contributed by atoms with E-state index < -0.39 is 18.9 Å². The maximum Gasteiger partial charge on any atom is 0.324 e. The number of hydrogen-bond donors (Lipinski definition) is 1. The van der Waals surface area contributed by atoms with Crippen molar-refractivity contribution in [2.75, 3.05) is 12.8 Å². The third-order valence-corrected chi connectivity index (χ3v) is 2.67. The highest BCUT2D eigenvalue weighted by Crippen LogP contribution is 2.29. The number of nitrogen functional groups attached to an aromatic ring is 1. The highest BCUT2D eigenvalue weighted by Gasteiger charge is 2.41. The second-order valence-corrected chi connectivity index (χ2v) is 3.97. The summed E-state index contributed by atoms with van der Waals surface area (Å²) in [5.74, 6) is -3.94. The number of aromatic nitrogens is 2. The zero-order valence-corrected chi connectivity index (χ0v) is 9.91. The van der Waals surface area contributed by atoms with Crippen LogP contribution < -0.4 is 10.5 Å². The van der Waals surface area contributed by atoms with E-state index in [9.17, 15) is 17.6 Å². The number of nitrogens with zero attached hydrogens (tertiary/aromatic N) is 2. The van der Waals surface area contributed by atoms with Gasteiger partial charge in [0.05, 0.1) is 24.7 Å². The molecule has 1 heterocycles. The number of ether oxygens (including phenoxy) is 1. The quantitative estimate of drug-likeness (QED) is 0.874. The van der Waals surface area contributed by atoms with Gasteiger partial charge in [-0.3, -0.25) is 0 Å². The first-order chi connectivity index (χ1) is 8.85. The lowest BCUT2D eigenvalue weighted by atomic mass is 10.3. The number of anilines is 1. The molecule has 0 amide bonds. The predicted octanol–water partition coefficient (Wildman–Crippen LogP) is 2.53. The van der Waals surface area contributed by atoms with Gasteiger partial charge in [0.2, 0.25) is 5.95 Å². The van der Waals surface area contributed by atoms with Crippen LogP contribution in [0.25, 0.3) is 11.0 Å². The average Bonchev–Trinajstić information content (AvgIpc) is 2.64. The number of methoxy groups -OCH3 is 1. The van der Waals surface area contributed by atoms with Gasteiger partial charge in [-0.1, -0.05) is 0 Å². The summed E-state index contributed by atoms with van der Waals surface area (Å²) in [6, 6.07) is 4.45. The minimum Gasteiger partial charge on any atom is -0.497 e. The molecule has 0 bridgehead atoms. The van der Waals surface area contributed by atoms with Gasteiger partial charge in [-0.2, -0.15) is 8.78 Å². The van der Waals surface area contributed by atoms with E-state index in [1.807, 2.05) is 0 Å². The lowest BCUT2D eigenvalue weighted by Gasteiger charge is -2.17. The highest BCUT2D eigenvalue weighted by molar-refractivity contribution is 5.79. The molecule has 0 fully saturated rings. The van der Waals surface area contributed by atoms with E-state index in [4.69, 9.17) is 10.5 Å². The van der Waals surface area contributed by atoms with Crippen LogP contribution in [0.5, 0.6) is 5.75 Å². The molecule has 4 nitrogen and oxygen atoms in total. The molecule has 2 aromatic rings. The first kappa shape index (κ1) is 13.4. The van der Waals surface area contributed by atoms with E-state index in [1.54, 1.807) is 0 Å². The molecule has 0 aliphatic rings. The second kappa shape index (κ2) is 4.60. The Morgan fingerprint density at radius 3 is 2.68 bits per heavy atom. The summed E-state index contributed by atoms with van der Waals surface area (Å²) >= 11 is 0. The van der Waals surface area contributed by atoms with Gasteiger partial charge >= 0.3 is 12.3 Å². The largest absolute Gasteiger partial charge is 0.497 e. The lowest BCUT2D eigenvalue weighted by Crippen LogP contribution is -2.32. The van der Waals surface area contributed by atoms with Crippen molar-refractivity contribution in [2.45, 2.75) is 18.9 Å². The van der Waals surface area contributed by atoms with Crippen LogP contribution in [-0.4, -0.2) is 29.0 Å². The molecule has 0 spiro atoms.